The molecule has 4 aromatic rings. The third-order valence-corrected chi connectivity index (χ3v) is 13.5. The number of nitrogens with one attached hydrogen (secondary N) is 4. The van der Waals surface area contributed by atoms with Gasteiger partial charge in [-0.25, -0.2) is 17.8 Å². The molecule has 2 aromatic heterocycles. The number of hydrogen-bond donors (Lipinski definition) is 5. The molecule has 3 fully saturated rings. The predicted molar refractivity (Wildman–Crippen MR) is 212 cm³/mol. The van der Waals surface area contributed by atoms with Gasteiger partial charge in [0.1, 0.15) is 17.5 Å². The molecule has 17 nitrogen and oxygen atoms in total. The lowest BCUT2D eigenvalue weighted by Crippen LogP contribution is -2.54. The van der Waals surface area contributed by atoms with Crippen molar-refractivity contribution in [2.45, 2.75) is 87.0 Å². The molecule has 1 saturated carbocycles. The van der Waals surface area contributed by atoms with Gasteiger partial charge in [-0.2, -0.15) is 9.29 Å². The average molecular weight is 830 g/mol. The van der Waals surface area contributed by atoms with Gasteiger partial charge in [0.2, 0.25) is 27.8 Å². The number of imide groups is 2. The van der Waals surface area contributed by atoms with Crippen LogP contribution in [0, 0.1) is 5.82 Å². The fourth-order valence-corrected chi connectivity index (χ4v) is 10.0. The molecule has 310 valence electrons. The van der Waals surface area contributed by atoms with Crippen LogP contribution in [0.1, 0.15) is 84.2 Å². The number of anilines is 2. The SMILES string of the molecule is CC1(O)CCCC1n1c(=O)ccc2cnc(NC3CCN(S(=O)(=O)c4cccc(CNCCNc5cc6c(cc5F)C(=O)N(C5CCC(=O)NC5=O)C6=O)c4)CC3)nc21. The van der Waals surface area contributed by atoms with Crippen LogP contribution >= 0.6 is 0 Å². The number of sulfonamides is 1. The van der Waals surface area contributed by atoms with Gasteiger partial charge in [-0.15, -0.1) is 0 Å². The molecule has 4 aliphatic rings. The van der Waals surface area contributed by atoms with Gasteiger partial charge in [-0.3, -0.25) is 38.8 Å². The Labute approximate surface area is 338 Å². The molecule has 3 atom stereocenters. The first-order valence-electron chi connectivity index (χ1n) is 19.7. The van der Waals surface area contributed by atoms with Gasteiger partial charge in [0, 0.05) is 62.8 Å². The third kappa shape index (κ3) is 7.82. The van der Waals surface area contributed by atoms with Crippen molar-refractivity contribution in [2.24, 2.45) is 0 Å². The Bertz CT molecular complexity index is 2540. The molecule has 0 spiro atoms. The number of aromatic nitrogens is 3. The van der Waals surface area contributed by atoms with Crippen molar-refractivity contribution in [2.75, 3.05) is 36.8 Å². The van der Waals surface area contributed by atoms with E-state index in [0.717, 1.165) is 23.0 Å². The highest BCUT2D eigenvalue weighted by molar-refractivity contribution is 7.89. The lowest BCUT2D eigenvalue weighted by molar-refractivity contribution is -0.136. The highest BCUT2D eigenvalue weighted by Gasteiger charge is 2.45. The number of halogens is 1. The van der Waals surface area contributed by atoms with Gasteiger partial charge >= 0.3 is 0 Å². The molecule has 59 heavy (non-hydrogen) atoms. The summed E-state index contributed by atoms with van der Waals surface area (Å²) in [5.41, 5.74) is -0.313. The number of pyridine rings is 1. The molecular formula is C40H44FN9O8S. The van der Waals surface area contributed by atoms with Crippen LogP contribution in [-0.2, 0) is 26.2 Å². The van der Waals surface area contributed by atoms with Crippen molar-refractivity contribution in [1.29, 1.82) is 0 Å². The van der Waals surface area contributed by atoms with E-state index >= 15 is 4.39 Å². The molecule has 0 bridgehead atoms. The maximum absolute atomic E-state index is 15.0. The molecule has 2 saturated heterocycles. The smallest absolute Gasteiger partial charge is 0.262 e. The number of hydrogen-bond acceptors (Lipinski definition) is 13. The molecule has 8 rings (SSSR count). The first-order valence-corrected chi connectivity index (χ1v) is 21.1. The maximum atomic E-state index is 15.0. The van der Waals surface area contributed by atoms with Crippen molar-refractivity contribution in [3.63, 3.8) is 0 Å². The molecule has 3 unspecified atom stereocenters. The van der Waals surface area contributed by atoms with Gasteiger partial charge in [0.25, 0.3) is 17.4 Å². The summed E-state index contributed by atoms with van der Waals surface area (Å²) in [6.07, 6.45) is 4.66. The average Bonchev–Trinajstić information content (AvgIpc) is 3.67. The summed E-state index contributed by atoms with van der Waals surface area (Å²) in [6, 6.07) is 10.3. The lowest BCUT2D eigenvalue weighted by Gasteiger charge is -2.32. The van der Waals surface area contributed by atoms with E-state index in [4.69, 9.17) is 0 Å². The van der Waals surface area contributed by atoms with Crippen LogP contribution in [0.5, 0.6) is 0 Å². The molecule has 3 aliphatic heterocycles. The van der Waals surface area contributed by atoms with Crippen molar-refractivity contribution in [3.8, 4) is 0 Å². The van der Waals surface area contributed by atoms with Gasteiger partial charge < -0.3 is 21.1 Å². The minimum absolute atomic E-state index is 0.00540. The van der Waals surface area contributed by atoms with Crippen molar-refractivity contribution in [1.82, 2.24) is 34.4 Å². The van der Waals surface area contributed by atoms with E-state index in [9.17, 15) is 37.5 Å². The fourth-order valence-electron chi connectivity index (χ4n) is 8.48. The Morgan fingerprint density at radius 3 is 2.46 bits per heavy atom. The van der Waals surface area contributed by atoms with E-state index in [1.165, 1.54) is 16.4 Å². The number of amides is 4. The van der Waals surface area contributed by atoms with Gasteiger partial charge in [0.05, 0.1) is 33.4 Å². The normalized spacial score (nSPS) is 22.9. The molecule has 5 heterocycles. The Kier molecular flexibility index (Phi) is 10.8. The quantitative estimate of drug-likeness (QED) is 0.102. The molecule has 4 amide bonds. The number of piperidine rings is 2. The summed E-state index contributed by atoms with van der Waals surface area (Å²) in [4.78, 5) is 73.0. The lowest BCUT2D eigenvalue weighted by atomic mass is 10.00. The van der Waals surface area contributed by atoms with E-state index < -0.39 is 57.2 Å². The highest BCUT2D eigenvalue weighted by atomic mass is 32.2. The molecule has 5 N–H and O–H groups in total. The van der Waals surface area contributed by atoms with Gasteiger partial charge in [0.15, 0.2) is 0 Å². The second kappa shape index (κ2) is 15.9. The van der Waals surface area contributed by atoms with E-state index in [2.05, 4.69) is 31.2 Å². The zero-order chi connectivity index (χ0) is 41.6. The standard InChI is InChI=1S/C40H44FN9O8S/c1-40(56)13-3-6-32(40)50-34(52)10-7-24-22-44-39(47-35(24)50)45-25-11-16-48(17-12-25)59(57,58)26-5-2-4-23(18-26)21-42-14-15-43-30-20-28-27(19-29(30)41)37(54)49(38(28)55)31-8-9-33(51)46-36(31)53/h2,4-5,7,10,18-20,22,25,31-32,42-43,56H,3,6,8-9,11-17,21H2,1H3,(H,44,45,47)(H,46,51,53). The second-order valence-electron chi connectivity index (χ2n) is 15.7. The van der Waals surface area contributed by atoms with Crippen LogP contribution in [0.2, 0.25) is 0 Å². The summed E-state index contributed by atoms with van der Waals surface area (Å²) in [6.45, 7) is 3.16. The zero-order valence-corrected chi connectivity index (χ0v) is 33.1. The zero-order valence-electron chi connectivity index (χ0n) is 32.2. The summed E-state index contributed by atoms with van der Waals surface area (Å²) in [5, 5.41) is 23.2. The number of carbonyl (C=O) groups excluding carboxylic acids is 4. The van der Waals surface area contributed by atoms with Crippen molar-refractivity contribution >= 4 is 56.3 Å². The maximum Gasteiger partial charge on any atom is 0.262 e. The summed E-state index contributed by atoms with van der Waals surface area (Å²) in [5.74, 6) is -3.20. The Morgan fingerprint density at radius 2 is 1.73 bits per heavy atom. The van der Waals surface area contributed by atoms with Crippen LogP contribution in [0.15, 0.2) is 64.4 Å². The van der Waals surface area contributed by atoms with Crippen LogP contribution in [-0.4, -0.2) is 105 Å². The van der Waals surface area contributed by atoms with Crippen LogP contribution < -0.4 is 26.8 Å². The predicted octanol–water partition coefficient (Wildman–Crippen LogP) is 2.27. The van der Waals surface area contributed by atoms with E-state index in [1.54, 1.807) is 48.0 Å². The molecular weight excluding hydrogens is 786 g/mol. The van der Waals surface area contributed by atoms with Crippen molar-refractivity contribution in [3.05, 3.63) is 87.6 Å². The largest absolute Gasteiger partial charge is 0.388 e. The molecule has 1 aliphatic carbocycles. The summed E-state index contributed by atoms with van der Waals surface area (Å²) < 4.78 is 45.5. The van der Waals surface area contributed by atoms with Gasteiger partial charge in [-0.05, 0) is 81.3 Å². The fraction of sp³-hybridized carbons (Fsp3) is 0.425. The summed E-state index contributed by atoms with van der Waals surface area (Å²) in [7, 11) is -3.81. The van der Waals surface area contributed by atoms with E-state index in [1.807, 2.05) is 0 Å². The number of rotatable bonds is 12. The topological polar surface area (TPSA) is 225 Å². The summed E-state index contributed by atoms with van der Waals surface area (Å²) >= 11 is 0. The van der Waals surface area contributed by atoms with Crippen molar-refractivity contribution < 1.29 is 37.1 Å². The van der Waals surface area contributed by atoms with E-state index in [0.29, 0.717) is 55.8 Å². The number of nitrogens with zero attached hydrogens (tertiary/aromatic N) is 5. The van der Waals surface area contributed by atoms with Crippen LogP contribution in [0.4, 0.5) is 16.0 Å². The number of carbonyl (C=O) groups is 4. The first kappa shape index (κ1) is 40.2. The number of benzene rings is 2. The monoisotopic (exact) mass is 829 g/mol. The highest BCUT2D eigenvalue weighted by Crippen LogP contribution is 2.39. The first-order chi connectivity index (χ1) is 28.2. The Hall–Kier alpha value is -5.63. The number of fused-ring (bicyclic) bond motifs is 2. The second-order valence-corrected chi connectivity index (χ2v) is 17.6. The minimum Gasteiger partial charge on any atom is -0.388 e. The Balaban J connectivity index is 0.834. The Morgan fingerprint density at radius 1 is 0.966 bits per heavy atom. The molecule has 19 heteroatoms. The van der Waals surface area contributed by atoms with Gasteiger partial charge in [-0.1, -0.05) is 12.1 Å². The molecule has 2 aromatic carbocycles. The third-order valence-electron chi connectivity index (χ3n) is 11.7. The molecule has 0 radical (unpaired) electrons. The van der Waals surface area contributed by atoms with Crippen LogP contribution in [0.3, 0.4) is 0 Å². The number of aliphatic hydroxyl groups is 1. The minimum atomic E-state index is -3.81. The van der Waals surface area contributed by atoms with Crippen LogP contribution in [0.25, 0.3) is 11.0 Å². The van der Waals surface area contributed by atoms with E-state index in [-0.39, 0.29) is 65.8 Å².